The summed E-state index contributed by atoms with van der Waals surface area (Å²) in [7, 11) is -1.63. The normalized spacial score (nSPS) is 15.3. The highest BCUT2D eigenvalue weighted by atomic mass is 32.2. The lowest BCUT2D eigenvalue weighted by atomic mass is 10.0. The second kappa shape index (κ2) is 9.21. The van der Waals surface area contributed by atoms with E-state index in [1.807, 2.05) is 16.7 Å². The molecule has 2 aromatic carbocycles. The standard InChI is InChI=1S/C24H29N7O2S/c1-29-9-11-30(12-10-29)24-8-6-21(34(25,32)33)13-18(24)3-2-4-19-15-26-23-7-5-20(14-22(19)23)31-16-27-28-17-31/h5-8,13-17,26H,2-4,9-12H2,1H3,(H2,25,32,33). The third kappa shape index (κ3) is 4.70. The molecule has 0 spiro atoms. The minimum atomic E-state index is -3.75. The lowest BCUT2D eigenvalue weighted by molar-refractivity contribution is 0.312. The van der Waals surface area contributed by atoms with Crippen molar-refractivity contribution in [3.63, 3.8) is 0 Å². The van der Waals surface area contributed by atoms with Crippen molar-refractivity contribution in [2.45, 2.75) is 24.2 Å². The monoisotopic (exact) mass is 479 g/mol. The summed E-state index contributed by atoms with van der Waals surface area (Å²) in [6, 6.07) is 11.5. The summed E-state index contributed by atoms with van der Waals surface area (Å²) in [5.41, 5.74) is 5.46. The number of nitrogens with zero attached hydrogens (tertiary/aromatic N) is 5. The number of primary sulfonamides is 1. The van der Waals surface area contributed by atoms with Crippen molar-refractivity contribution in [2.24, 2.45) is 5.14 Å². The lowest BCUT2D eigenvalue weighted by Crippen LogP contribution is -2.44. The number of nitrogens with two attached hydrogens (primary N) is 1. The van der Waals surface area contributed by atoms with E-state index in [0.717, 1.165) is 67.9 Å². The number of aromatic nitrogens is 4. The molecule has 10 heteroatoms. The van der Waals surface area contributed by atoms with Gasteiger partial charge < -0.3 is 14.8 Å². The number of likely N-dealkylation sites (N-methyl/N-ethyl adjacent to an activating group) is 1. The number of sulfonamides is 1. The smallest absolute Gasteiger partial charge is 0.238 e. The Morgan fingerprint density at radius 2 is 1.71 bits per heavy atom. The summed E-state index contributed by atoms with van der Waals surface area (Å²) in [6.07, 6.45) is 7.95. The fourth-order valence-electron chi connectivity index (χ4n) is 4.63. The van der Waals surface area contributed by atoms with E-state index in [1.54, 1.807) is 24.8 Å². The number of hydrogen-bond acceptors (Lipinski definition) is 6. The zero-order valence-corrected chi connectivity index (χ0v) is 20.0. The molecule has 3 heterocycles. The largest absolute Gasteiger partial charge is 0.369 e. The van der Waals surface area contributed by atoms with Gasteiger partial charge in [0.05, 0.1) is 4.90 Å². The second-order valence-corrected chi connectivity index (χ2v) is 10.5. The molecule has 0 saturated carbocycles. The van der Waals surface area contributed by atoms with Crippen molar-refractivity contribution in [3.8, 4) is 5.69 Å². The molecule has 0 radical (unpaired) electrons. The van der Waals surface area contributed by atoms with Crippen LogP contribution in [0.1, 0.15) is 17.5 Å². The number of benzene rings is 2. The number of fused-ring (bicyclic) bond motifs is 1. The summed E-state index contributed by atoms with van der Waals surface area (Å²) in [5, 5.41) is 14.4. The Bertz CT molecular complexity index is 1390. The van der Waals surface area contributed by atoms with E-state index < -0.39 is 10.0 Å². The van der Waals surface area contributed by atoms with Gasteiger partial charge in [-0.05, 0) is 73.8 Å². The molecule has 0 amide bonds. The quantitative estimate of drug-likeness (QED) is 0.421. The van der Waals surface area contributed by atoms with Gasteiger partial charge in [0.2, 0.25) is 10.0 Å². The molecule has 1 fully saturated rings. The summed E-state index contributed by atoms with van der Waals surface area (Å²) in [5.74, 6) is 0. The topological polar surface area (TPSA) is 113 Å². The van der Waals surface area contributed by atoms with Crippen LogP contribution in [-0.2, 0) is 22.9 Å². The Morgan fingerprint density at radius 1 is 0.971 bits per heavy atom. The van der Waals surface area contributed by atoms with Crippen LogP contribution in [0.3, 0.4) is 0 Å². The number of aryl methyl sites for hydroxylation is 2. The first-order valence-corrected chi connectivity index (χ1v) is 13.0. The molecule has 0 bridgehead atoms. The van der Waals surface area contributed by atoms with Crippen LogP contribution in [0.2, 0.25) is 0 Å². The molecule has 1 aliphatic heterocycles. The Morgan fingerprint density at radius 3 is 2.44 bits per heavy atom. The molecule has 9 nitrogen and oxygen atoms in total. The molecular formula is C24H29N7O2S. The molecular weight excluding hydrogens is 450 g/mol. The van der Waals surface area contributed by atoms with Crippen LogP contribution in [0, 0.1) is 0 Å². The summed E-state index contributed by atoms with van der Waals surface area (Å²) >= 11 is 0. The van der Waals surface area contributed by atoms with Crippen LogP contribution in [0.15, 0.2) is 60.1 Å². The van der Waals surface area contributed by atoms with Gasteiger partial charge in [-0.25, -0.2) is 13.6 Å². The molecule has 0 atom stereocenters. The number of rotatable bonds is 7. The number of nitrogens with one attached hydrogen (secondary N) is 1. The van der Waals surface area contributed by atoms with Crippen molar-refractivity contribution < 1.29 is 8.42 Å². The molecule has 1 aliphatic rings. The van der Waals surface area contributed by atoms with Crippen LogP contribution < -0.4 is 10.0 Å². The van der Waals surface area contributed by atoms with Crippen molar-refractivity contribution in [2.75, 3.05) is 38.1 Å². The highest BCUT2D eigenvalue weighted by molar-refractivity contribution is 7.89. The molecule has 1 saturated heterocycles. The Balaban J connectivity index is 1.37. The SMILES string of the molecule is CN1CCN(c2ccc(S(N)(=O)=O)cc2CCCc2c[nH]c3ccc(-n4cnnc4)cc23)CC1. The summed E-state index contributed by atoms with van der Waals surface area (Å²) < 4.78 is 25.9. The van der Waals surface area contributed by atoms with Gasteiger partial charge in [-0.2, -0.15) is 0 Å². The Hall–Kier alpha value is -3.21. The summed E-state index contributed by atoms with van der Waals surface area (Å²) in [4.78, 5) is 8.18. The predicted molar refractivity (Wildman–Crippen MR) is 133 cm³/mol. The number of aromatic amines is 1. The molecule has 2 aromatic heterocycles. The fraction of sp³-hybridized carbons (Fsp3) is 0.333. The second-order valence-electron chi connectivity index (χ2n) is 8.89. The van der Waals surface area contributed by atoms with E-state index in [-0.39, 0.29) is 4.90 Å². The van der Waals surface area contributed by atoms with Crippen LogP contribution in [0.25, 0.3) is 16.6 Å². The van der Waals surface area contributed by atoms with E-state index in [2.05, 4.69) is 50.4 Å². The molecule has 34 heavy (non-hydrogen) atoms. The van der Waals surface area contributed by atoms with Gasteiger partial charge in [-0.1, -0.05) is 0 Å². The van der Waals surface area contributed by atoms with Crippen molar-refractivity contribution in [3.05, 3.63) is 66.4 Å². The number of H-pyrrole nitrogens is 1. The van der Waals surface area contributed by atoms with Crippen LogP contribution in [-0.4, -0.2) is 66.3 Å². The van der Waals surface area contributed by atoms with E-state index in [1.165, 1.54) is 10.9 Å². The molecule has 178 valence electrons. The zero-order chi connectivity index (χ0) is 23.7. The highest BCUT2D eigenvalue weighted by Gasteiger charge is 2.19. The van der Waals surface area contributed by atoms with Crippen molar-refractivity contribution in [1.29, 1.82) is 0 Å². The van der Waals surface area contributed by atoms with Gasteiger partial charge in [0, 0.05) is 54.7 Å². The first kappa shape index (κ1) is 22.6. The zero-order valence-electron chi connectivity index (χ0n) is 19.2. The third-order valence-electron chi connectivity index (χ3n) is 6.58. The van der Waals surface area contributed by atoms with E-state index >= 15 is 0 Å². The van der Waals surface area contributed by atoms with Gasteiger partial charge in [-0.15, -0.1) is 10.2 Å². The number of hydrogen-bond donors (Lipinski definition) is 2. The minimum absolute atomic E-state index is 0.172. The molecule has 3 N–H and O–H groups in total. The minimum Gasteiger partial charge on any atom is -0.369 e. The fourth-order valence-corrected chi connectivity index (χ4v) is 5.20. The van der Waals surface area contributed by atoms with Crippen LogP contribution in [0.5, 0.6) is 0 Å². The average Bonchev–Trinajstić information content (AvgIpc) is 3.49. The third-order valence-corrected chi connectivity index (χ3v) is 7.49. The van der Waals surface area contributed by atoms with Crippen molar-refractivity contribution in [1.82, 2.24) is 24.6 Å². The highest BCUT2D eigenvalue weighted by Crippen LogP contribution is 2.28. The van der Waals surface area contributed by atoms with Gasteiger partial charge >= 0.3 is 0 Å². The summed E-state index contributed by atoms with van der Waals surface area (Å²) in [6.45, 7) is 3.82. The van der Waals surface area contributed by atoms with Gasteiger partial charge in [-0.3, -0.25) is 4.57 Å². The Labute approximate surface area is 199 Å². The van der Waals surface area contributed by atoms with Crippen LogP contribution in [0.4, 0.5) is 5.69 Å². The maximum Gasteiger partial charge on any atom is 0.238 e. The number of piperazine rings is 1. The van der Waals surface area contributed by atoms with E-state index in [4.69, 9.17) is 5.14 Å². The maximum absolute atomic E-state index is 12.0. The van der Waals surface area contributed by atoms with Crippen molar-refractivity contribution >= 4 is 26.6 Å². The average molecular weight is 480 g/mol. The maximum atomic E-state index is 12.0. The van der Waals surface area contributed by atoms with Crippen LogP contribution >= 0.6 is 0 Å². The molecule has 0 unspecified atom stereocenters. The molecule has 0 aliphatic carbocycles. The molecule has 4 aromatic rings. The Kier molecular flexibility index (Phi) is 6.11. The first-order chi connectivity index (χ1) is 16.4. The van der Waals surface area contributed by atoms with E-state index in [0.29, 0.717) is 0 Å². The molecule has 5 rings (SSSR count). The van der Waals surface area contributed by atoms with Gasteiger partial charge in [0.15, 0.2) is 0 Å². The lowest BCUT2D eigenvalue weighted by Gasteiger charge is -2.35. The predicted octanol–water partition coefficient (Wildman–Crippen LogP) is 2.32. The van der Waals surface area contributed by atoms with Gasteiger partial charge in [0.1, 0.15) is 12.7 Å². The van der Waals surface area contributed by atoms with E-state index in [9.17, 15) is 8.42 Å². The number of anilines is 1. The van der Waals surface area contributed by atoms with Gasteiger partial charge in [0.25, 0.3) is 0 Å². The first-order valence-electron chi connectivity index (χ1n) is 11.4.